The summed E-state index contributed by atoms with van der Waals surface area (Å²) in [5, 5.41) is 12.5. The fraction of sp³-hybridized carbons (Fsp3) is 0.276. The minimum atomic E-state index is -0.408. The molecule has 5 rings (SSSR count). The van der Waals surface area contributed by atoms with Crippen LogP contribution in [0.1, 0.15) is 35.4 Å². The van der Waals surface area contributed by atoms with Crippen LogP contribution in [-0.2, 0) is 4.74 Å². The Hall–Kier alpha value is -3.57. The highest BCUT2D eigenvalue weighted by Gasteiger charge is 2.28. The van der Waals surface area contributed by atoms with Crippen LogP contribution in [0.2, 0.25) is 0 Å². The molecule has 0 saturated carbocycles. The summed E-state index contributed by atoms with van der Waals surface area (Å²) in [6.45, 7) is 2.50. The number of piperidine rings is 1. The predicted octanol–water partition coefficient (Wildman–Crippen LogP) is 5.20. The van der Waals surface area contributed by atoms with E-state index in [9.17, 15) is 9.90 Å². The van der Waals surface area contributed by atoms with Crippen molar-refractivity contribution in [2.45, 2.75) is 24.9 Å². The number of nitrogens with one attached hydrogen (secondary N) is 1. The lowest BCUT2D eigenvalue weighted by molar-refractivity contribution is 0.144. The summed E-state index contributed by atoms with van der Waals surface area (Å²) in [7, 11) is 0. The zero-order valence-corrected chi connectivity index (χ0v) is 19.2. The Morgan fingerprint density at radius 1 is 0.941 bits per heavy atom. The lowest BCUT2D eigenvalue weighted by Crippen LogP contribution is -2.35. The number of benzene rings is 3. The summed E-state index contributed by atoms with van der Waals surface area (Å²) in [6.07, 6.45) is 4.99. The highest BCUT2D eigenvalue weighted by Crippen LogP contribution is 2.44. The van der Waals surface area contributed by atoms with Crippen molar-refractivity contribution in [1.29, 1.82) is 0 Å². The van der Waals surface area contributed by atoms with E-state index in [0.717, 1.165) is 31.5 Å². The largest absolute Gasteiger partial charge is 0.449 e. The van der Waals surface area contributed by atoms with Gasteiger partial charge in [0.1, 0.15) is 6.61 Å². The van der Waals surface area contributed by atoms with Gasteiger partial charge in [0.15, 0.2) is 0 Å². The van der Waals surface area contributed by atoms with Crippen molar-refractivity contribution < 1.29 is 14.6 Å². The van der Waals surface area contributed by atoms with Gasteiger partial charge in [-0.3, -0.25) is 0 Å². The number of amides is 1. The molecule has 0 aromatic heterocycles. The second-order valence-corrected chi connectivity index (χ2v) is 8.92. The number of anilines is 1. The first-order valence-electron chi connectivity index (χ1n) is 12.0. The molecule has 34 heavy (non-hydrogen) atoms. The number of alkyl carbamates (subject to hydrolysis) is 1. The molecule has 1 aliphatic heterocycles. The molecule has 0 unspecified atom stereocenters. The van der Waals surface area contributed by atoms with E-state index in [-0.39, 0.29) is 12.0 Å². The van der Waals surface area contributed by atoms with Gasteiger partial charge in [0, 0.05) is 31.2 Å². The van der Waals surface area contributed by atoms with Crippen molar-refractivity contribution in [3.05, 3.63) is 95.6 Å². The monoisotopic (exact) mass is 454 g/mol. The van der Waals surface area contributed by atoms with Crippen LogP contribution in [0.15, 0.2) is 78.9 Å². The van der Waals surface area contributed by atoms with Crippen molar-refractivity contribution in [1.82, 2.24) is 5.32 Å². The lowest BCUT2D eigenvalue weighted by Gasteiger charge is -2.31. The molecule has 1 saturated heterocycles. The maximum Gasteiger partial charge on any atom is 0.407 e. The maximum atomic E-state index is 12.3. The minimum Gasteiger partial charge on any atom is -0.449 e. The quantitative estimate of drug-likeness (QED) is 0.538. The average molecular weight is 455 g/mol. The Bertz CT molecular complexity index is 1120. The summed E-state index contributed by atoms with van der Waals surface area (Å²) in [4.78, 5) is 14.6. The maximum absolute atomic E-state index is 12.3. The Morgan fingerprint density at radius 3 is 2.21 bits per heavy atom. The molecular weight excluding hydrogens is 424 g/mol. The Morgan fingerprint density at radius 2 is 1.56 bits per heavy atom. The standard InChI is InChI=1S/C29H30N2O3/c32-23-15-18-31(19-16-23)22-13-11-21(12-14-22)6-5-17-30-29(33)34-20-28-26-9-3-1-7-24(26)25-8-2-4-10-27(25)28/h1-14,23,28,32H,15-20H2,(H,30,33). The van der Waals surface area contributed by atoms with Crippen molar-refractivity contribution in [3.8, 4) is 11.1 Å². The van der Waals surface area contributed by atoms with Crippen molar-refractivity contribution in [3.63, 3.8) is 0 Å². The SMILES string of the molecule is O=C(NCC=Cc1ccc(N2CCC(O)CC2)cc1)OCC1c2ccccc2-c2ccccc21. The topological polar surface area (TPSA) is 61.8 Å². The summed E-state index contributed by atoms with van der Waals surface area (Å²) < 4.78 is 5.58. The van der Waals surface area contributed by atoms with E-state index >= 15 is 0 Å². The van der Waals surface area contributed by atoms with E-state index in [2.05, 4.69) is 58.7 Å². The van der Waals surface area contributed by atoms with E-state index < -0.39 is 6.09 Å². The molecule has 2 N–H and O–H groups in total. The van der Waals surface area contributed by atoms with Crippen LogP contribution in [0.5, 0.6) is 0 Å². The minimum absolute atomic E-state index is 0.0652. The first-order chi connectivity index (χ1) is 16.7. The highest BCUT2D eigenvalue weighted by atomic mass is 16.5. The third kappa shape index (κ3) is 4.85. The molecule has 0 bridgehead atoms. The fourth-order valence-corrected chi connectivity index (χ4v) is 4.91. The summed E-state index contributed by atoms with van der Waals surface area (Å²) >= 11 is 0. The number of aliphatic hydroxyl groups excluding tert-OH is 1. The van der Waals surface area contributed by atoms with Gasteiger partial charge in [0.25, 0.3) is 0 Å². The Kier molecular flexibility index (Phi) is 6.63. The molecule has 2 aliphatic rings. The first-order valence-corrected chi connectivity index (χ1v) is 12.0. The van der Waals surface area contributed by atoms with Crippen molar-refractivity contribution in [2.75, 3.05) is 31.1 Å². The van der Waals surface area contributed by atoms with Crippen LogP contribution < -0.4 is 10.2 Å². The van der Waals surface area contributed by atoms with E-state index in [1.165, 1.54) is 27.9 Å². The highest BCUT2D eigenvalue weighted by molar-refractivity contribution is 5.79. The average Bonchev–Trinajstić information content (AvgIpc) is 3.20. The Labute approximate surface area is 200 Å². The van der Waals surface area contributed by atoms with Gasteiger partial charge in [-0.1, -0.05) is 72.8 Å². The number of fused-ring (bicyclic) bond motifs is 3. The fourth-order valence-electron chi connectivity index (χ4n) is 4.91. The molecule has 0 spiro atoms. The van der Waals surface area contributed by atoms with Crippen LogP contribution in [-0.4, -0.2) is 43.5 Å². The number of carbonyl (C=O) groups excluding carboxylic acids is 1. The van der Waals surface area contributed by atoms with Gasteiger partial charge < -0.3 is 20.1 Å². The second kappa shape index (κ2) is 10.1. The smallest absolute Gasteiger partial charge is 0.407 e. The van der Waals surface area contributed by atoms with Gasteiger partial charge in [0.05, 0.1) is 6.10 Å². The van der Waals surface area contributed by atoms with E-state index in [4.69, 9.17) is 4.74 Å². The molecule has 1 aliphatic carbocycles. The summed E-state index contributed by atoms with van der Waals surface area (Å²) in [5.41, 5.74) is 7.12. The number of ether oxygens (including phenoxy) is 1. The van der Waals surface area contributed by atoms with E-state index in [1.54, 1.807) is 0 Å². The molecule has 0 radical (unpaired) electrons. The van der Waals surface area contributed by atoms with Crippen LogP contribution in [0, 0.1) is 0 Å². The van der Waals surface area contributed by atoms with E-state index in [0.29, 0.717) is 13.2 Å². The molecule has 1 heterocycles. The first kappa shape index (κ1) is 22.2. The lowest BCUT2D eigenvalue weighted by atomic mass is 9.98. The zero-order chi connectivity index (χ0) is 23.3. The van der Waals surface area contributed by atoms with E-state index in [1.807, 2.05) is 36.4 Å². The molecule has 174 valence electrons. The van der Waals surface area contributed by atoms with Crippen LogP contribution in [0.4, 0.5) is 10.5 Å². The number of nitrogens with zero attached hydrogens (tertiary/aromatic N) is 1. The molecule has 5 heteroatoms. The molecular formula is C29H30N2O3. The number of hydrogen-bond acceptors (Lipinski definition) is 4. The molecule has 5 nitrogen and oxygen atoms in total. The number of rotatable bonds is 6. The van der Waals surface area contributed by atoms with Crippen LogP contribution >= 0.6 is 0 Å². The van der Waals surface area contributed by atoms with Gasteiger partial charge in [-0.15, -0.1) is 0 Å². The predicted molar refractivity (Wildman–Crippen MR) is 136 cm³/mol. The summed E-state index contributed by atoms with van der Waals surface area (Å²) in [5.74, 6) is 0.0652. The molecule has 3 aromatic rings. The number of hydrogen-bond donors (Lipinski definition) is 2. The normalized spacial score (nSPS) is 15.9. The molecule has 1 amide bonds. The number of carbonyl (C=O) groups is 1. The van der Waals surface area contributed by atoms with Crippen LogP contribution in [0.25, 0.3) is 17.2 Å². The molecule has 0 atom stereocenters. The van der Waals surface area contributed by atoms with Crippen molar-refractivity contribution in [2.24, 2.45) is 0 Å². The van der Waals surface area contributed by atoms with Gasteiger partial charge in [0.2, 0.25) is 0 Å². The van der Waals surface area contributed by atoms with Crippen molar-refractivity contribution >= 4 is 17.9 Å². The molecule has 1 fully saturated rings. The second-order valence-electron chi connectivity index (χ2n) is 8.92. The number of aliphatic hydroxyl groups is 1. The van der Waals surface area contributed by atoms with Crippen LogP contribution in [0.3, 0.4) is 0 Å². The van der Waals surface area contributed by atoms with Gasteiger partial charge in [-0.2, -0.15) is 0 Å². The zero-order valence-electron chi connectivity index (χ0n) is 19.2. The summed E-state index contributed by atoms with van der Waals surface area (Å²) in [6, 6.07) is 25.0. The third-order valence-electron chi connectivity index (χ3n) is 6.74. The molecule has 3 aromatic carbocycles. The third-order valence-corrected chi connectivity index (χ3v) is 6.74. The van der Waals surface area contributed by atoms with Gasteiger partial charge in [-0.05, 0) is 52.8 Å². The Balaban J connectivity index is 1.10. The van der Waals surface area contributed by atoms with Gasteiger partial charge in [-0.25, -0.2) is 4.79 Å². The van der Waals surface area contributed by atoms with Gasteiger partial charge >= 0.3 is 6.09 Å².